The number of allylic oxidation sites excluding steroid dienone is 4. The quantitative estimate of drug-likeness (QED) is 0.791. The fourth-order valence-corrected chi connectivity index (χ4v) is 2.43. The fraction of sp³-hybridized carbons (Fsp3) is 0.100. The molecule has 3 rings (SSSR count). The third-order valence-electron chi connectivity index (χ3n) is 3.65. The minimum absolute atomic E-state index is 0.0505. The Kier molecular flexibility index (Phi) is 4.41. The average Bonchev–Trinajstić information content (AvgIpc) is 3.10. The number of furan rings is 1. The number of ether oxygens (including phenoxy) is 1. The molecule has 0 saturated heterocycles. The number of rotatable bonds is 3. The minimum Gasteiger partial charge on any atom is -0.457 e. The van der Waals surface area contributed by atoms with Crippen molar-refractivity contribution in [1.29, 1.82) is 10.5 Å². The summed E-state index contributed by atoms with van der Waals surface area (Å²) in [6.07, 6.45) is 5.22. The highest BCUT2D eigenvalue weighted by Gasteiger charge is 2.18. The predicted molar refractivity (Wildman–Crippen MR) is 95.4 cm³/mol. The number of hydrogen-bond acceptors (Lipinski definition) is 5. The minimum atomic E-state index is 0.0505. The first-order valence-corrected chi connectivity index (χ1v) is 7.61. The second kappa shape index (κ2) is 6.82. The Morgan fingerprint density at radius 3 is 2.48 bits per heavy atom. The molecule has 2 aromatic rings. The first-order valence-electron chi connectivity index (χ1n) is 7.61. The second-order valence-electron chi connectivity index (χ2n) is 5.56. The molecule has 0 saturated carbocycles. The summed E-state index contributed by atoms with van der Waals surface area (Å²) in [5.74, 6) is 2.56. The van der Waals surface area contributed by atoms with E-state index in [0.29, 0.717) is 22.8 Å². The van der Waals surface area contributed by atoms with Gasteiger partial charge in [-0.05, 0) is 30.4 Å². The average molecular weight is 329 g/mol. The van der Waals surface area contributed by atoms with Gasteiger partial charge in [-0.3, -0.25) is 0 Å². The van der Waals surface area contributed by atoms with E-state index in [-0.39, 0.29) is 5.57 Å². The number of fused-ring (bicyclic) bond motifs is 1. The van der Waals surface area contributed by atoms with Crippen LogP contribution < -0.4 is 9.64 Å². The second-order valence-corrected chi connectivity index (χ2v) is 5.56. The van der Waals surface area contributed by atoms with E-state index in [1.807, 2.05) is 61.5 Å². The lowest BCUT2D eigenvalue weighted by molar-refractivity contribution is 0.439. The van der Waals surface area contributed by atoms with Crippen LogP contribution in [-0.4, -0.2) is 14.1 Å². The zero-order valence-electron chi connectivity index (χ0n) is 13.9. The number of nitrogens with zero attached hydrogens (tertiary/aromatic N) is 3. The van der Waals surface area contributed by atoms with Crippen LogP contribution >= 0.6 is 0 Å². The fourth-order valence-electron chi connectivity index (χ4n) is 2.43. The van der Waals surface area contributed by atoms with Crippen LogP contribution in [0.2, 0.25) is 0 Å². The molecule has 1 aliphatic rings. The van der Waals surface area contributed by atoms with E-state index < -0.39 is 0 Å². The van der Waals surface area contributed by atoms with Crippen molar-refractivity contribution in [2.24, 2.45) is 0 Å². The topological polar surface area (TPSA) is 73.2 Å². The van der Waals surface area contributed by atoms with E-state index in [0.717, 1.165) is 11.4 Å². The molecule has 0 atom stereocenters. The zero-order chi connectivity index (χ0) is 17.8. The largest absolute Gasteiger partial charge is 0.457 e. The van der Waals surface area contributed by atoms with Crippen molar-refractivity contribution >= 4 is 17.5 Å². The Labute approximate surface area is 146 Å². The van der Waals surface area contributed by atoms with Crippen LogP contribution in [-0.2, 0) is 0 Å². The summed E-state index contributed by atoms with van der Waals surface area (Å²) in [7, 11) is 3.80. The molecule has 0 spiro atoms. The molecule has 0 bridgehead atoms. The maximum atomic E-state index is 9.21. The van der Waals surface area contributed by atoms with Gasteiger partial charge >= 0.3 is 0 Å². The van der Waals surface area contributed by atoms with Crippen molar-refractivity contribution in [1.82, 2.24) is 0 Å². The highest BCUT2D eigenvalue weighted by atomic mass is 16.5. The van der Waals surface area contributed by atoms with Gasteiger partial charge in [0.2, 0.25) is 0 Å². The van der Waals surface area contributed by atoms with Gasteiger partial charge in [-0.15, -0.1) is 0 Å². The van der Waals surface area contributed by atoms with Crippen molar-refractivity contribution in [2.45, 2.75) is 0 Å². The maximum Gasteiger partial charge on any atom is 0.195 e. The first kappa shape index (κ1) is 16.2. The van der Waals surface area contributed by atoms with Gasteiger partial charge in [0.1, 0.15) is 35.0 Å². The molecule has 5 heteroatoms. The van der Waals surface area contributed by atoms with Gasteiger partial charge in [0.05, 0.1) is 0 Å². The van der Waals surface area contributed by atoms with E-state index in [4.69, 9.17) is 9.15 Å². The van der Waals surface area contributed by atoms with Crippen LogP contribution in [0.4, 0.5) is 5.88 Å². The summed E-state index contributed by atoms with van der Waals surface area (Å²) in [6, 6.07) is 14.9. The third-order valence-corrected chi connectivity index (χ3v) is 3.65. The van der Waals surface area contributed by atoms with Crippen molar-refractivity contribution in [3.63, 3.8) is 0 Å². The molecule has 5 nitrogen and oxygen atoms in total. The molecule has 0 unspecified atom stereocenters. The van der Waals surface area contributed by atoms with E-state index in [9.17, 15) is 10.5 Å². The molecular formula is C20H15N3O2. The van der Waals surface area contributed by atoms with Crippen LogP contribution in [0.15, 0.2) is 64.3 Å². The first-order chi connectivity index (χ1) is 12.1. The Hall–Kier alpha value is -3.70. The van der Waals surface area contributed by atoms with Crippen molar-refractivity contribution in [2.75, 3.05) is 19.0 Å². The van der Waals surface area contributed by atoms with E-state index in [1.165, 1.54) is 0 Å². The summed E-state index contributed by atoms with van der Waals surface area (Å²) >= 11 is 0. The maximum absolute atomic E-state index is 9.21. The molecular weight excluding hydrogens is 314 g/mol. The SMILES string of the molecule is CN(C)c1ccc(/C=C/C2=CC(=C(C#N)C#N)c3ccccc3O2)o1. The van der Waals surface area contributed by atoms with E-state index >= 15 is 0 Å². The number of para-hydroxylation sites is 1. The van der Waals surface area contributed by atoms with Gasteiger partial charge in [0, 0.05) is 31.3 Å². The van der Waals surface area contributed by atoms with Gasteiger partial charge < -0.3 is 14.1 Å². The Balaban J connectivity index is 1.97. The lowest BCUT2D eigenvalue weighted by atomic mass is 9.97. The van der Waals surface area contributed by atoms with E-state index in [1.54, 1.807) is 24.3 Å². The standard InChI is InChI=1S/C20H15N3O2/c1-23(2)20-10-9-15(25-20)7-8-16-11-18(14(12-21)13-22)17-5-3-4-6-19(17)24-16/h3-11H,1-2H3/b8-7+. The lowest BCUT2D eigenvalue weighted by Crippen LogP contribution is -2.06. The molecule has 1 aromatic heterocycles. The summed E-state index contributed by atoms with van der Waals surface area (Å²) in [6.45, 7) is 0. The molecule has 0 aliphatic carbocycles. The monoisotopic (exact) mass is 329 g/mol. The Morgan fingerprint density at radius 1 is 1.04 bits per heavy atom. The summed E-state index contributed by atoms with van der Waals surface area (Å²) in [4.78, 5) is 1.87. The molecule has 25 heavy (non-hydrogen) atoms. The molecule has 0 fully saturated rings. The van der Waals surface area contributed by atoms with Crippen LogP contribution in [0, 0.1) is 22.7 Å². The molecule has 122 valence electrons. The molecule has 0 radical (unpaired) electrons. The smallest absolute Gasteiger partial charge is 0.195 e. The summed E-state index contributed by atoms with van der Waals surface area (Å²) in [5.41, 5.74) is 1.33. The van der Waals surface area contributed by atoms with Gasteiger partial charge in [-0.25, -0.2) is 0 Å². The molecule has 0 N–H and O–H groups in total. The van der Waals surface area contributed by atoms with E-state index in [2.05, 4.69) is 0 Å². The van der Waals surface area contributed by atoms with Gasteiger partial charge in [-0.1, -0.05) is 18.2 Å². The summed E-state index contributed by atoms with van der Waals surface area (Å²) < 4.78 is 11.5. The normalized spacial score (nSPS) is 12.6. The predicted octanol–water partition coefficient (Wildman–Crippen LogP) is 4.14. The molecule has 0 amide bonds. The molecule has 2 heterocycles. The highest BCUT2D eigenvalue weighted by molar-refractivity contribution is 5.87. The number of nitriles is 2. The van der Waals surface area contributed by atoms with Crippen LogP contribution in [0.3, 0.4) is 0 Å². The van der Waals surface area contributed by atoms with Gasteiger partial charge in [0.15, 0.2) is 5.88 Å². The van der Waals surface area contributed by atoms with Crippen molar-refractivity contribution in [3.05, 3.63) is 71.2 Å². The summed E-state index contributed by atoms with van der Waals surface area (Å²) in [5, 5.41) is 18.4. The lowest BCUT2D eigenvalue weighted by Gasteiger charge is -2.18. The zero-order valence-corrected chi connectivity index (χ0v) is 13.9. The van der Waals surface area contributed by atoms with Crippen LogP contribution in [0.25, 0.3) is 11.6 Å². The van der Waals surface area contributed by atoms with Gasteiger partial charge in [0.25, 0.3) is 0 Å². The Bertz CT molecular complexity index is 963. The van der Waals surface area contributed by atoms with Crippen molar-refractivity contribution < 1.29 is 9.15 Å². The Morgan fingerprint density at radius 2 is 1.80 bits per heavy atom. The highest BCUT2D eigenvalue weighted by Crippen LogP contribution is 2.35. The van der Waals surface area contributed by atoms with Gasteiger partial charge in [-0.2, -0.15) is 10.5 Å². The number of hydrogen-bond donors (Lipinski definition) is 0. The van der Waals surface area contributed by atoms with Crippen LogP contribution in [0.1, 0.15) is 11.3 Å². The van der Waals surface area contributed by atoms with Crippen molar-refractivity contribution in [3.8, 4) is 17.9 Å². The third kappa shape index (κ3) is 3.31. The molecule has 1 aromatic carbocycles. The number of anilines is 1. The molecule has 1 aliphatic heterocycles. The van der Waals surface area contributed by atoms with Crippen LogP contribution in [0.5, 0.6) is 5.75 Å². The number of benzene rings is 1.